The van der Waals surface area contributed by atoms with E-state index in [1.54, 1.807) is 23.8 Å². The van der Waals surface area contributed by atoms with Gasteiger partial charge in [0, 0.05) is 25.2 Å². The van der Waals surface area contributed by atoms with Crippen molar-refractivity contribution < 1.29 is 19.5 Å². The molecule has 4 atom stereocenters. The van der Waals surface area contributed by atoms with Crippen LogP contribution in [0.5, 0.6) is 0 Å². The van der Waals surface area contributed by atoms with E-state index < -0.39 is 6.04 Å². The lowest BCUT2D eigenvalue weighted by Gasteiger charge is -2.39. The largest absolute Gasteiger partial charge is 0.394 e. The van der Waals surface area contributed by atoms with Crippen molar-refractivity contribution in [2.45, 2.75) is 111 Å². The summed E-state index contributed by atoms with van der Waals surface area (Å²) in [4.78, 5) is 45.8. The summed E-state index contributed by atoms with van der Waals surface area (Å²) in [6, 6.07) is -1.01. The monoisotopic (exact) mass is 506 g/mol. The summed E-state index contributed by atoms with van der Waals surface area (Å²) in [6.45, 7) is 15.5. The molecule has 2 rings (SSSR count). The number of rotatable bonds is 10. The van der Waals surface area contributed by atoms with Crippen molar-refractivity contribution in [1.29, 1.82) is 0 Å². The number of piperidine rings is 1. The molecule has 0 saturated carbocycles. The fourth-order valence-electron chi connectivity index (χ4n) is 5.58. The van der Waals surface area contributed by atoms with Gasteiger partial charge in [0.05, 0.1) is 24.7 Å². The van der Waals surface area contributed by atoms with E-state index in [1.165, 1.54) is 0 Å². The van der Waals surface area contributed by atoms with Gasteiger partial charge in [-0.25, -0.2) is 0 Å². The predicted octanol–water partition coefficient (Wildman–Crippen LogP) is 2.80. The van der Waals surface area contributed by atoms with E-state index in [-0.39, 0.29) is 60.3 Å². The Labute approximate surface area is 218 Å². The Kier molecular flexibility index (Phi) is 11.4. The molecule has 0 radical (unpaired) electrons. The highest BCUT2D eigenvalue weighted by molar-refractivity contribution is 5.94. The zero-order valence-corrected chi connectivity index (χ0v) is 23.8. The molecule has 3 unspecified atom stereocenters. The second-order valence-corrected chi connectivity index (χ2v) is 11.6. The molecule has 0 aliphatic carbocycles. The van der Waals surface area contributed by atoms with Gasteiger partial charge in [-0.3, -0.25) is 19.3 Å². The first-order valence-electron chi connectivity index (χ1n) is 13.8. The van der Waals surface area contributed by atoms with Gasteiger partial charge in [-0.05, 0) is 64.8 Å². The molecule has 0 bridgehead atoms. The Balaban J connectivity index is 2.19. The lowest BCUT2D eigenvalue weighted by atomic mass is 9.95. The van der Waals surface area contributed by atoms with Crippen molar-refractivity contribution in [3.05, 3.63) is 11.6 Å². The molecule has 8 heteroatoms. The highest BCUT2D eigenvalue weighted by Crippen LogP contribution is 2.23. The van der Waals surface area contributed by atoms with Gasteiger partial charge in [0.25, 0.3) is 0 Å². The number of aliphatic hydroxyl groups is 1. The number of carbonyl (C=O) groups excluding carboxylic acids is 3. The Hall–Kier alpha value is -1.93. The Morgan fingerprint density at radius 2 is 1.67 bits per heavy atom. The van der Waals surface area contributed by atoms with Gasteiger partial charge in [-0.2, -0.15) is 0 Å². The third kappa shape index (κ3) is 7.31. The minimum atomic E-state index is -0.638. The van der Waals surface area contributed by atoms with E-state index >= 15 is 0 Å². The number of carbonyl (C=O) groups is 3. The highest BCUT2D eigenvalue weighted by Gasteiger charge is 2.36. The van der Waals surface area contributed by atoms with Crippen LogP contribution in [-0.4, -0.2) is 94.5 Å². The molecule has 36 heavy (non-hydrogen) atoms. The maximum Gasteiger partial charge on any atom is 0.249 e. The first-order valence-corrected chi connectivity index (χ1v) is 13.8. The van der Waals surface area contributed by atoms with Crippen LogP contribution in [0, 0.1) is 11.8 Å². The van der Waals surface area contributed by atoms with Crippen LogP contribution in [0.4, 0.5) is 0 Å². The van der Waals surface area contributed by atoms with Crippen molar-refractivity contribution in [1.82, 2.24) is 20.0 Å². The summed E-state index contributed by atoms with van der Waals surface area (Å²) in [5.41, 5.74) is 0.577. The Morgan fingerprint density at radius 1 is 1.00 bits per heavy atom. The number of nitrogens with one attached hydrogen (secondary N) is 1. The van der Waals surface area contributed by atoms with Gasteiger partial charge in [-0.15, -0.1) is 0 Å². The zero-order valence-electron chi connectivity index (χ0n) is 23.8. The molecule has 206 valence electrons. The molecule has 0 aromatic heterocycles. The standard InChI is InChI=1S/C28H50N4O4/c1-18(2)24(16-21(7)27(35)32-15-11-12-22(32)17-33)30(8)28(36)25(19(3)4)29-26(34)23-13-9-10-14-31(23)20(5)6/h16,18-20,22-25,33H,9-15,17H2,1-8H3,(H,29,34)/b21-16+/t22?,23?,24-,25?/m1/s1. The lowest BCUT2D eigenvalue weighted by Crippen LogP contribution is -2.58. The molecule has 2 heterocycles. The number of aliphatic hydroxyl groups excluding tert-OH is 1. The van der Waals surface area contributed by atoms with Crippen LogP contribution in [0.2, 0.25) is 0 Å². The summed E-state index contributed by atoms with van der Waals surface area (Å²) in [6.07, 6.45) is 6.49. The number of likely N-dealkylation sites (tertiary alicyclic amines) is 2. The normalized spacial score (nSPS) is 23.3. The van der Waals surface area contributed by atoms with E-state index in [2.05, 4.69) is 24.1 Å². The van der Waals surface area contributed by atoms with Crippen LogP contribution in [0.15, 0.2) is 11.6 Å². The molecule has 0 aromatic carbocycles. The van der Waals surface area contributed by atoms with Gasteiger partial charge >= 0.3 is 0 Å². The molecule has 2 fully saturated rings. The van der Waals surface area contributed by atoms with Crippen molar-refractivity contribution >= 4 is 17.7 Å². The maximum absolute atomic E-state index is 13.7. The van der Waals surface area contributed by atoms with Gasteiger partial charge in [0.1, 0.15) is 6.04 Å². The third-order valence-electron chi connectivity index (χ3n) is 7.83. The SMILES string of the molecule is C/C(=C\[C@H](C(C)C)N(C)C(=O)C(NC(=O)C1CCCCN1C(C)C)C(C)C)C(=O)N1CCCC1CO. The molecule has 3 amide bonds. The number of hydrogen-bond acceptors (Lipinski definition) is 5. The summed E-state index contributed by atoms with van der Waals surface area (Å²) < 4.78 is 0. The fourth-order valence-corrected chi connectivity index (χ4v) is 5.58. The molecule has 2 aliphatic rings. The molecule has 2 aliphatic heterocycles. The third-order valence-corrected chi connectivity index (χ3v) is 7.83. The second-order valence-electron chi connectivity index (χ2n) is 11.6. The van der Waals surface area contributed by atoms with Crippen LogP contribution in [0.25, 0.3) is 0 Å². The fraction of sp³-hybridized carbons (Fsp3) is 0.821. The molecular weight excluding hydrogens is 456 g/mol. The topological polar surface area (TPSA) is 93.2 Å². The van der Waals surface area contributed by atoms with Gasteiger partial charge in [0.2, 0.25) is 17.7 Å². The minimum Gasteiger partial charge on any atom is -0.394 e. The van der Waals surface area contributed by atoms with Crippen LogP contribution in [0.1, 0.15) is 80.6 Å². The van der Waals surface area contributed by atoms with E-state index in [0.717, 1.165) is 38.6 Å². The smallest absolute Gasteiger partial charge is 0.249 e. The van der Waals surface area contributed by atoms with E-state index in [9.17, 15) is 19.5 Å². The average molecular weight is 507 g/mol. The summed E-state index contributed by atoms with van der Waals surface area (Å²) in [7, 11) is 1.76. The maximum atomic E-state index is 13.7. The number of nitrogens with zero attached hydrogens (tertiary/aromatic N) is 3. The molecule has 0 aromatic rings. The van der Waals surface area contributed by atoms with Gasteiger partial charge in [-0.1, -0.05) is 40.2 Å². The van der Waals surface area contributed by atoms with Crippen molar-refractivity contribution in [3.8, 4) is 0 Å². The molecule has 2 saturated heterocycles. The van der Waals surface area contributed by atoms with Gasteiger partial charge < -0.3 is 20.2 Å². The van der Waals surface area contributed by atoms with Crippen molar-refractivity contribution in [3.63, 3.8) is 0 Å². The quantitative estimate of drug-likeness (QED) is 0.445. The summed E-state index contributed by atoms with van der Waals surface area (Å²) in [5.74, 6) is -0.301. The molecule has 8 nitrogen and oxygen atoms in total. The Morgan fingerprint density at radius 3 is 2.22 bits per heavy atom. The van der Waals surface area contributed by atoms with Crippen molar-refractivity contribution in [2.24, 2.45) is 11.8 Å². The first kappa shape index (κ1) is 30.3. The number of hydrogen-bond donors (Lipinski definition) is 2. The molecular formula is C28H50N4O4. The lowest BCUT2D eigenvalue weighted by molar-refractivity contribution is -0.140. The first-order chi connectivity index (χ1) is 16.9. The Bertz CT molecular complexity index is 794. The number of amides is 3. The number of likely N-dealkylation sites (N-methyl/N-ethyl adjacent to an activating group) is 1. The van der Waals surface area contributed by atoms with Crippen molar-refractivity contribution in [2.75, 3.05) is 26.7 Å². The van der Waals surface area contributed by atoms with Gasteiger partial charge in [0.15, 0.2) is 0 Å². The average Bonchev–Trinajstić information content (AvgIpc) is 3.32. The molecule has 0 spiro atoms. The van der Waals surface area contributed by atoms with Crippen LogP contribution >= 0.6 is 0 Å². The van der Waals surface area contributed by atoms with Crippen LogP contribution in [0.3, 0.4) is 0 Å². The van der Waals surface area contributed by atoms with Crippen LogP contribution in [-0.2, 0) is 14.4 Å². The summed E-state index contributed by atoms with van der Waals surface area (Å²) >= 11 is 0. The second kappa shape index (κ2) is 13.6. The minimum absolute atomic E-state index is 0.0317. The summed E-state index contributed by atoms with van der Waals surface area (Å²) in [5, 5.41) is 12.7. The zero-order chi connectivity index (χ0) is 27.2. The van der Waals surface area contributed by atoms with E-state index in [1.807, 2.05) is 33.8 Å². The predicted molar refractivity (Wildman–Crippen MR) is 143 cm³/mol. The van der Waals surface area contributed by atoms with E-state index in [4.69, 9.17) is 0 Å². The van der Waals surface area contributed by atoms with Crippen LogP contribution < -0.4 is 5.32 Å². The highest BCUT2D eigenvalue weighted by atomic mass is 16.3. The van der Waals surface area contributed by atoms with E-state index in [0.29, 0.717) is 12.1 Å². The molecule has 2 N–H and O–H groups in total.